The molecule has 0 amide bonds. The summed E-state index contributed by atoms with van der Waals surface area (Å²) in [7, 11) is 0. The van der Waals surface area contributed by atoms with E-state index in [1.165, 1.54) is 12.1 Å². The lowest BCUT2D eigenvalue weighted by molar-refractivity contribution is -0.137. The smallest absolute Gasteiger partial charge is 0.338 e. The van der Waals surface area contributed by atoms with E-state index in [9.17, 15) is 13.2 Å². The number of halogens is 4. The third kappa shape index (κ3) is 2.49. The molecule has 0 aliphatic carbocycles. The summed E-state index contributed by atoms with van der Waals surface area (Å²) in [6.07, 6.45) is -4.49. The molecular weight excluding hydrogens is 301 g/mol. The topological polar surface area (TPSA) is 28.7 Å². The fraction of sp³-hybridized carbons (Fsp3) is 0.133. The van der Waals surface area contributed by atoms with E-state index in [-0.39, 0.29) is 10.6 Å². The minimum absolute atomic E-state index is 0.236. The molecule has 108 valence electrons. The molecule has 0 unspecified atom stereocenters. The number of hydrogen-bond acceptors (Lipinski definition) is 1. The number of rotatable bonds is 1. The van der Waals surface area contributed by atoms with E-state index in [1.807, 2.05) is 25.1 Å². The number of nitrogens with one attached hydrogen (secondary N) is 1. The molecule has 1 N–H and O–H groups in total. The zero-order valence-electron chi connectivity index (χ0n) is 10.9. The van der Waals surface area contributed by atoms with Crippen LogP contribution in [0.1, 0.15) is 11.1 Å². The third-order valence-electron chi connectivity index (χ3n) is 3.20. The zero-order valence-corrected chi connectivity index (χ0v) is 11.7. The molecule has 3 rings (SSSR count). The van der Waals surface area contributed by atoms with Crippen LogP contribution in [0, 0.1) is 6.92 Å². The van der Waals surface area contributed by atoms with Crippen molar-refractivity contribution < 1.29 is 13.2 Å². The Bertz CT molecular complexity index is 821. The Morgan fingerprint density at radius 2 is 1.90 bits per heavy atom. The van der Waals surface area contributed by atoms with Crippen molar-refractivity contribution in [2.45, 2.75) is 13.1 Å². The Labute approximate surface area is 123 Å². The van der Waals surface area contributed by atoms with Gasteiger partial charge in [-0.1, -0.05) is 23.7 Å². The Hall–Kier alpha value is -2.01. The first-order valence-electron chi connectivity index (χ1n) is 6.19. The van der Waals surface area contributed by atoms with Crippen LogP contribution in [0.15, 0.2) is 36.4 Å². The number of benzene rings is 2. The monoisotopic (exact) mass is 310 g/mol. The highest BCUT2D eigenvalue weighted by atomic mass is 35.5. The van der Waals surface area contributed by atoms with E-state index < -0.39 is 11.7 Å². The molecule has 0 fully saturated rings. The highest BCUT2D eigenvalue weighted by molar-refractivity contribution is 6.34. The molecule has 2 aromatic carbocycles. The largest absolute Gasteiger partial charge is 0.417 e. The van der Waals surface area contributed by atoms with Crippen LogP contribution in [0.25, 0.3) is 22.4 Å². The number of nitrogens with zero attached hydrogens (tertiary/aromatic N) is 1. The molecule has 1 heterocycles. The lowest BCUT2D eigenvalue weighted by Crippen LogP contribution is -2.06. The number of fused-ring (bicyclic) bond motifs is 1. The van der Waals surface area contributed by atoms with E-state index >= 15 is 0 Å². The van der Waals surface area contributed by atoms with Gasteiger partial charge in [-0.3, -0.25) is 0 Å². The molecule has 0 atom stereocenters. The van der Waals surface area contributed by atoms with Gasteiger partial charge in [-0.2, -0.15) is 13.2 Å². The fourth-order valence-electron chi connectivity index (χ4n) is 2.18. The SMILES string of the molecule is Cc1ccc2nc(-c3cccc(C(F)(F)F)c3Cl)[nH]c2c1. The quantitative estimate of drug-likeness (QED) is 0.656. The standard InChI is InChI=1S/C15H10ClF3N2/c1-8-5-6-11-12(7-8)21-14(20-11)9-3-2-4-10(13(9)16)15(17,18)19/h2-7H,1H3,(H,20,21). The van der Waals surface area contributed by atoms with Crippen LogP contribution in [0.5, 0.6) is 0 Å². The van der Waals surface area contributed by atoms with Gasteiger partial charge >= 0.3 is 6.18 Å². The number of aromatic amines is 1. The summed E-state index contributed by atoms with van der Waals surface area (Å²) in [6, 6.07) is 9.38. The number of H-pyrrole nitrogens is 1. The maximum Gasteiger partial charge on any atom is 0.417 e. The molecule has 0 radical (unpaired) electrons. The summed E-state index contributed by atoms with van der Waals surface area (Å²) >= 11 is 5.91. The predicted molar refractivity (Wildman–Crippen MR) is 76.3 cm³/mol. The fourth-order valence-corrected chi connectivity index (χ4v) is 2.51. The van der Waals surface area contributed by atoms with Crippen molar-refractivity contribution in [2.75, 3.05) is 0 Å². The molecular formula is C15H10ClF3N2. The van der Waals surface area contributed by atoms with Crippen molar-refractivity contribution in [2.24, 2.45) is 0 Å². The normalized spacial score (nSPS) is 12.0. The van der Waals surface area contributed by atoms with Crippen LogP contribution >= 0.6 is 11.6 Å². The summed E-state index contributed by atoms with van der Waals surface area (Å²) in [5, 5.41) is -0.347. The Kier molecular flexibility index (Phi) is 3.17. The van der Waals surface area contributed by atoms with Gasteiger partial charge in [0.15, 0.2) is 0 Å². The molecule has 0 bridgehead atoms. The third-order valence-corrected chi connectivity index (χ3v) is 3.60. The minimum atomic E-state index is -4.49. The van der Waals surface area contributed by atoms with Crippen molar-refractivity contribution in [1.82, 2.24) is 9.97 Å². The molecule has 0 spiro atoms. The maximum atomic E-state index is 12.9. The van der Waals surface area contributed by atoms with Crippen molar-refractivity contribution in [1.29, 1.82) is 0 Å². The number of aromatic nitrogens is 2. The van der Waals surface area contributed by atoms with Gasteiger partial charge in [0.25, 0.3) is 0 Å². The number of aryl methyl sites for hydroxylation is 1. The van der Waals surface area contributed by atoms with Crippen molar-refractivity contribution in [3.8, 4) is 11.4 Å². The average molecular weight is 311 g/mol. The molecule has 6 heteroatoms. The van der Waals surface area contributed by atoms with E-state index in [4.69, 9.17) is 11.6 Å². The van der Waals surface area contributed by atoms with Gasteiger partial charge in [-0.05, 0) is 36.8 Å². The van der Waals surface area contributed by atoms with Crippen molar-refractivity contribution >= 4 is 22.6 Å². The molecule has 3 aromatic rings. The van der Waals surface area contributed by atoms with Crippen molar-refractivity contribution in [3.05, 3.63) is 52.5 Å². The van der Waals surface area contributed by atoms with Gasteiger partial charge in [-0.25, -0.2) is 4.98 Å². The lowest BCUT2D eigenvalue weighted by Gasteiger charge is -2.10. The second kappa shape index (κ2) is 4.77. The van der Waals surface area contributed by atoms with E-state index in [2.05, 4.69) is 9.97 Å². The second-order valence-electron chi connectivity index (χ2n) is 4.77. The van der Waals surface area contributed by atoms with Crippen LogP contribution in [-0.4, -0.2) is 9.97 Å². The minimum Gasteiger partial charge on any atom is -0.338 e. The summed E-state index contributed by atoms with van der Waals surface area (Å²) in [4.78, 5) is 7.31. The van der Waals surface area contributed by atoms with Gasteiger partial charge < -0.3 is 4.98 Å². The number of hydrogen-bond donors (Lipinski definition) is 1. The van der Waals surface area contributed by atoms with Crippen LogP contribution in [0.3, 0.4) is 0 Å². The predicted octanol–water partition coefficient (Wildman–Crippen LogP) is 5.21. The Balaban J connectivity index is 2.19. The summed E-state index contributed by atoms with van der Waals surface area (Å²) in [5.41, 5.74) is 1.86. The molecule has 0 saturated carbocycles. The molecule has 0 aliphatic heterocycles. The van der Waals surface area contributed by atoms with Crippen LogP contribution < -0.4 is 0 Å². The van der Waals surface area contributed by atoms with E-state index in [0.717, 1.165) is 17.1 Å². The number of alkyl halides is 3. The average Bonchev–Trinajstić information content (AvgIpc) is 2.80. The second-order valence-corrected chi connectivity index (χ2v) is 5.15. The van der Waals surface area contributed by atoms with E-state index in [1.54, 1.807) is 0 Å². The maximum absolute atomic E-state index is 12.9. The Morgan fingerprint density at radius 1 is 1.14 bits per heavy atom. The highest BCUT2D eigenvalue weighted by Gasteiger charge is 2.34. The van der Waals surface area contributed by atoms with Crippen LogP contribution in [-0.2, 0) is 6.18 Å². The van der Waals surface area contributed by atoms with Crippen LogP contribution in [0.2, 0.25) is 5.02 Å². The molecule has 0 aliphatic rings. The van der Waals surface area contributed by atoms with E-state index in [0.29, 0.717) is 11.3 Å². The van der Waals surface area contributed by atoms with Gasteiger partial charge in [0.05, 0.1) is 21.6 Å². The molecule has 21 heavy (non-hydrogen) atoms. The summed E-state index contributed by atoms with van der Waals surface area (Å²) < 4.78 is 38.7. The van der Waals surface area contributed by atoms with Gasteiger partial charge in [0.1, 0.15) is 5.82 Å². The van der Waals surface area contributed by atoms with Crippen molar-refractivity contribution in [3.63, 3.8) is 0 Å². The first-order valence-corrected chi connectivity index (χ1v) is 6.56. The molecule has 1 aromatic heterocycles. The van der Waals surface area contributed by atoms with Gasteiger partial charge in [0, 0.05) is 5.56 Å². The van der Waals surface area contributed by atoms with Gasteiger partial charge in [-0.15, -0.1) is 0 Å². The lowest BCUT2D eigenvalue weighted by atomic mass is 10.1. The molecule has 2 nitrogen and oxygen atoms in total. The highest BCUT2D eigenvalue weighted by Crippen LogP contribution is 2.39. The first-order chi connectivity index (χ1) is 9.86. The van der Waals surface area contributed by atoms with Gasteiger partial charge in [0.2, 0.25) is 0 Å². The first kappa shape index (κ1) is 13.9. The number of imidazole rings is 1. The Morgan fingerprint density at radius 3 is 2.62 bits per heavy atom. The molecule has 0 saturated heterocycles. The van der Waals surface area contributed by atoms with Crippen LogP contribution in [0.4, 0.5) is 13.2 Å². The summed E-state index contributed by atoms with van der Waals surface area (Å²) in [6.45, 7) is 1.93. The summed E-state index contributed by atoms with van der Waals surface area (Å²) in [5.74, 6) is 0.326. The zero-order chi connectivity index (χ0) is 15.2.